The predicted molar refractivity (Wildman–Crippen MR) is 66.5 cm³/mol. The molecule has 0 bridgehead atoms. The van der Waals surface area contributed by atoms with Crippen LogP contribution in [0.15, 0.2) is 24.3 Å². The topological polar surface area (TPSA) is 46.6 Å². The monoisotopic (exact) mass is 309 g/mol. The van der Waals surface area contributed by atoms with Crippen LogP contribution in [0.25, 0.3) is 0 Å². The molecule has 1 aromatic rings. The Morgan fingerprint density at radius 1 is 1.25 bits per heavy atom. The largest absolute Gasteiger partial charge is 0.416 e. The normalized spacial score (nSPS) is 20.6. The number of ether oxygens (including phenoxy) is 1. The van der Waals surface area contributed by atoms with Gasteiger partial charge in [-0.15, -0.1) is 0 Å². The smallest absolute Gasteiger partial charge is 0.379 e. The van der Waals surface area contributed by atoms with Crippen LogP contribution in [0.5, 0.6) is 0 Å². The molecule has 2 rings (SSSR count). The van der Waals surface area contributed by atoms with Gasteiger partial charge in [-0.25, -0.2) is 8.42 Å². The maximum Gasteiger partial charge on any atom is 0.416 e. The summed E-state index contributed by atoms with van der Waals surface area (Å²) in [5.74, 6) is -0.147. The minimum Gasteiger partial charge on any atom is -0.379 e. The third-order valence-corrected chi connectivity index (χ3v) is 4.76. The van der Waals surface area contributed by atoms with E-state index in [-0.39, 0.29) is 32.1 Å². The van der Waals surface area contributed by atoms with E-state index in [4.69, 9.17) is 4.74 Å². The predicted octanol–water partition coefficient (Wildman–Crippen LogP) is 1.87. The Balaban J connectivity index is 2.21. The summed E-state index contributed by atoms with van der Waals surface area (Å²) >= 11 is 0. The highest BCUT2D eigenvalue weighted by Gasteiger charge is 2.31. The van der Waals surface area contributed by atoms with Crippen molar-refractivity contribution in [2.45, 2.75) is 12.7 Å². The summed E-state index contributed by atoms with van der Waals surface area (Å²) in [6.45, 7) is 0.438. The highest BCUT2D eigenvalue weighted by Crippen LogP contribution is 2.30. The van der Waals surface area contributed by atoms with Crippen molar-refractivity contribution >= 4 is 10.0 Å². The van der Waals surface area contributed by atoms with Crippen molar-refractivity contribution in [3.63, 3.8) is 0 Å². The Bertz CT molecular complexity index is 572. The van der Waals surface area contributed by atoms with Crippen LogP contribution in [0.1, 0.15) is 11.1 Å². The molecule has 1 aliphatic heterocycles. The molecule has 1 saturated heterocycles. The summed E-state index contributed by atoms with van der Waals surface area (Å²) in [7, 11) is -3.48. The molecular formula is C12H14F3NO3S. The van der Waals surface area contributed by atoms with Gasteiger partial charge < -0.3 is 4.74 Å². The highest BCUT2D eigenvalue weighted by atomic mass is 32.2. The van der Waals surface area contributed by atoms with Crippen LogP contribution in [0.4, 0.5) is 13.2 Å². The lowest BCUT2D eigenvalue weighted by Crippen LogP contribution is -2.33. The van der Waals surface area contributed by atoms with Crippen molar-refractivity contribution in [3.05, 3.63) is 35.4 Å². The number of nitrogens with zero attached hydrogens (tertiary/aromatic N) is 1. The molecule has 112 valence electrons. The lowest BCUT2D eigenvalue weighted by molar-refractivity contribution is -0.137. The SMILES string of the molecule is O=S1(=O)CCOCCN1Cc1cccc(C(F)(F)F)c1. The van der Waals surface area contributed by atoms with E-state index in [9.17, 15) is 21.6 Å². The number of sulfonamides is 1. The van der Waals surface area contributed by atoms with E-state index in [0.29, 0.717) is 5.56 Å². The first-order chi connectivity index (χ1) is 9.29. The molecule has 20 heavy (non-hydrogen) atoms. The molecule has 0 atom stereocenters. The van der Waals surface area contributed by atoms with Gasteiger partial charge in [0.25, 0.3) is 0 Å². The highest BCUT2D eigenvalue weighted by molar-refractivity contribution is 7.89. The van der Waals surface area contributed by atoms with Crippen molar-refractivity contribution in [1.29, 1.82) is 0 Å². The van der Waals surface area contributed by atoms with Gasteiger partial charge in [-0.1, -0.05) is 18.2 Å². The van der Waals surface area contributed by atoms with Gasteiger partial charge in [0.2, 0.25) is 10.0 Å². The first-order valence-corrected chi connectivity index (χ1v) is 7.62. The average Bonchev–Trinajstić information content (AvgIpc) is 2.51. The fourth-order valence-electron chi connectivity index (χ4n) is 1.93. The molecule has 1 fully saturated rings. The van der Waals surface area contributed by atoms with Gasteiger partial charge >= 0.3 is 6.18 Å². The number of halogens is 3. The quantitative estimate of drug-likeness (QED) is 0.838. The van der Waals surface area contributed by atoms with E-state index in [1.54, 1.807) is 0 Å². The molecular weight excluding hydrogens is 295 g/mol. The van der Waals surface area contributed by atoms with Crippen LogP contribution < -0.4 is 0 Å². The van der Waals surface area contributed by atoms with Gasteiger partial charge in [-0.05, 0) is 11.6 Å². The summed E-state index contributed by atoms with van der Waals surface area (Å²) in [5.41, 5.74) is -0.469. The van der Waals surface area contributed by atoms with E-state index in [1.165, 1.54) is 12.1 Å². The van der Waals surface area contributed by atoms with Gasteiger partial charge in [0.05, 0.1) is 24.5 Å². The number of rotatable bonds is 2. The molecule has 1 aliphatic rings. The maximum atomic E-state index is 12.6. The molecule has 0 saturated carbocycles. The van der Waals surface area contributed by atoms with Crippen LogP contribution >= 0.6 is 0 Å². The molecule has 0 radical (unpaired) electrons. The van der Waals surface area contributed by atoms with Crippen LogP contribution in [0, 0.1) is 0 Å². The van der Waals surface area contributed by atoms with Crippen LogP contribution in [-0.4, -0.2) is 38.2 Å². The lowest BCUT2D eigenvalue weighted by atomic mass is 10.1. The molecule has 0 amide bonds. The summed E-state index contributed by atoms with van der Waals surface area (Å²) in [4.78, 5) is 0. The molecule has 1 heterocycles. The Morgan fingerprint density at radius 2 is 2.00 bits per heavy atom. The summed E-state index contributed by atoms with van der Waals surface area (Å²) in [6.07, 6.45) is -4.43. The average molecular weight is 309 g/mol. The molecule has 8 heteroatoms. The number of hydrogen-bond acceptors (Lipinski definition) is 3. The van der Waals surface area contributed by atoms with Crippen molar-refractivity contribution < 1.29 is 26.3 Å². The van der Waals surface area contributed by atoms with E-state index in [0.717, 1.165) is 16.4 Å². The first-order valence-electron chi connectivity index (χ1n) is 6.01. The van der Waals surface area contributed by atoms with Crippen LogP contribution in [0.3, 0.4) is 0 Å². The second-order valence-electron chi connectivity index (χ2n) is 4.46. The number of hydrogen-bond donors (Lipinski definition) is 0. The third kappa shape index (κ3) is 3.71. The molecule has 4 nitrogen and oxygen atoms in total. The molecule has 0 spiro atoms. The maximum absolute atomic E-state index is 12.6. The van der Waals surface area contributed by atoms with Gasteiger partial charge in [-0.3, -0.25) is 0 Å². The number of alkyl halides is 3. The van der Waals surface area contributed by atoms with E-state index < -0.39 is 21.8 Å². The molecule has 1 aromatic carbocycles. The fraction of sp³-hybridized carbons (Fsp3) is 0.500. The first kappa shape index (κ1) is 15.3. The second-order valence-corrected chi connectivity index (χ2v) is 6.55. The Kier molecular flexibility index (Phi) is 4.36. The van der Waals surface area contributed by atoms with Crippen molar-refractivity contribution in [2.24, 2.45) is 0 Å². The third-order valence-electron chi connectivity index (χ3n) is 2.98. The Hall–Kier alpha value is -1.12. The van der Waals surface area contributed by atoms with Gasteiger partial charge in [0.15, 0.2) is 0 Å². The molecule has 0 aliphatic carbocycles. The van der Waals surface area contributed by atoms with E-state index in [2.05, 4.69) is 0 Å². The molecule has 0 N–H and O–H groups in total. The zero-order valence-corrected chi connectivity index (χ0v) is 11.4. The fourth-order valence-corrected chi connectivity index (χ4v) is 3.21. The Morgan fingerprint density at radius 3 is 2.70 bits per heavy atom. The second kappa shape index (κ2) is 5.71. The minimum absolute atomic E-state index is 0.0738. The van der Waals surface area contributed by atoms with Gasteiger partial charge in [0.1, 0.15) is 0 Å². The standard InChI is InChI=1S/C12H14F3NO3S/c13-12(14,15)11-3-1-2-10(8-11)9-16-4-5-19-6-7-20(16,17)18/h1-3,8H,4-7,9H2. The van der Waals surface area contributed by atoms with Crippen molar-refractivity contribution in [3.8, 4) is 0 Å². The van der Waals surface area contributed by atoms with E-state index >= 15 is 0 Å². The van der Waals surface area contributed by atoms with Crippen molar-refractivity contribution in [2.75, 3.05) is 25.5 Å². The summed E-state index contributed by atoms with van der Waals surface area (Å²) in [5, 5.41) is 0. The minimum atomic E-state index is -4.43. The summed E-state index contributed by atoms with van der Waals surface area (Å²) < 4.78 is 67.9. The van der Waals surface area contributed by atoms with Crippen LogP contribution in [-0.2, 0) is 27.5 Å². The zero-order valence-electron chi connectivity index (χ0n) is 10.6. The van der Waals surface area contributed by atoms with Gasteiger partial charge in [0, 0.05) is 13.1 Å². The van der Waals surface area contributed by atoms with E-state index in [1.807, 2.05) is 0 Å². The zero-order chi connectivity index (χ0) is 14.8. The number of benzene rings is 1. The molecule has 0 aromatic heterocycles. The Labute approximate surface area is 115 Å². The van der Waals surface area contributed by atoms with Crippen LogP contribution in [0.2, 0.25) is 0 Å². The summed E-state index contributed by atoms with van der Waals surface area (Å²) in [6, 6.07) is 4.69. The van der Waals surface area contributed by atoms with Gasteiger partial charge in [-0.2, -0.15) is 17.5 Å². The molecule has 0 unspecified atom stereocenters. The van der Waals surface area contributed by atoms with Crippen molar-refractivity contribution in [1.82, 2.24) is 4.31 Å². The lowest BCUT2D eigenvalue weighted by Gasteiger charge is -2.19.